The molecule has 3 aromatic rings. The van der Waals surface area contributed by atoms with Gasteiger partial charge in [-0.1, -0.05) is 6.07 Å². The number of hydrogen-bond acceptors (Lipinski definition) is 6. The lowest BCUT2D eigenvalue weighted by Crippen LogP contribution is -2.53. The van der Waals surface area contributed by atoms with Gasteiger partial charge in [0.25, 0.3) is 11.5 Å². The van der Waals surface area contributed by atoms with Gasteiger partial charge in [-0.2, -0.15) is 0 Å². The molecular weight excluding hydrogens is 437 g/mol. The minimum atomic E-state index is -0.413. The molecule has 2 aliphatic heterocycles. The van der Waals surface area contributed by atoms with Gasteiger partial charge in [0.2, 0.25) is 0 Å². The molecule has 9 heteroatoms. The summed E-state index contributed by atoms with van der Waals surface area (Å²) in [5, 5.41) is 3.69. The fourth-order valence-electron chi connectivity index (χ4n) is 4.94. The molecule has 8 nitrogen and oxygen atoms in total. The number of ether oxygens (including phenoxy) is 1. The van der Waals surface area contributed by atoms with E-state index < -0.39 is 5.82 Å². The van der Waals surface area contributed by atoms with Crippen LogP contribution in [0.2, 0.25) is 0 Å². The lowest BCUT2D eigenvalue weighted by Gasteiger charge is -2.42. The number of halogens is 1. The Kier molecular flexibility index (Phi) is 6.30. The van der Waals surface area contributed by atoms with Crippen LogP contribution in [-0.2, 0) is 4.74 Å². The third kappa shape index (κ3) is 4.53. The van der Waals surface area contributed by atoms with Crippen LogP contribution in [0.25, 0.3) is 10.8 Å². The van der Waals surface area contributed by atoms with E-state index in [1.165, 1.54) is 12.1 Å². The molecule has 34 heavy (non-hydrogen) atoms. The summed E-state index contributed by atoms with van der Waals surface area (Å²) in [4.78, 5) is 36.2. The Labute approximate surface area is 196 Å². The number of nitrogens with one attached hydrogen (secondary N) is 2. The van der Waals surface area contributed by atoms with Crippen molar-refractivity contribution in [3.05, 3.63) is 70.2 Å². The third-order valence-corrected chi connectivity index (χ3v) is 6.86. The Bertz CT molecular complexity index is 1240. The smallest absolute Gasteiger partial charge is 0.269 e. The molecule has 0 spiro atoms. The minimum Gasteiger partial charge on any atom is -0.379 e. The van der Waals surface area contributed by atoms with Crippen molar-refractivity contribution in [1.82, 2.24) is 20.2 Å². The highest BCUT2D eigenvalue weighted by atomic mass is 19.1. The van der Waals surface area contributed by atoms with Crippen LogP contribution in [0.3, 0.4) is 0 Å². The summed E-state index contributed by atoms with van der Waals surface area (Å²) in [5.41, 5.74) is 2.00. The first-order valence-corrected chi connectivity index (χ1v) is 11.6. The van der Waals surface area contributed by atoms with E-state index in [-0.39, 0.29) is 23.4 Å². The van der Waals surface area contributed by atoms with E-state index in [9.17, 15) is 14.0 Å². The minimum absolute atomic E-state index is 0.0837. The number of anilines is 1. The molecule has 2 aromatic heterocycles. The van der Waals surface area contributed by atoms with E-state index in [4.69, 9.17) is 4.74 Å². The van der Waals surface area contributed by atoms with Gasteiger partial charge >= 0.3 is 0 Å². The highest BCUT2D eigenvalue weighted by Gasteiger charge is 2.31. The zero-order chi connectivity index (χ0) is 23.7. The van der Waals surface area contributed by atoms with Crippen molar-refractivity contribution in [3.8, 4) is 0 Å². The summed E-state index contributed by atoms with van der Waals surface area (Å²) < 4.78 is 19.5. The van der Waals surface area contributed by atoms with Crippen molar-refractivity contribution < 1.29 is 13.9 Å². The Morgan fingerprint density at radius 3 is 2.71 bits per heavy atom. The maximum Gasteiger partial charge on any atom is 0.269 e. The molecular formula is C25H28FN5O3. The number of piperazine rings is 1. The Hall–Kier alpha value is -3.30. The molecule has 5 rings (SSSR count). The molecule has 1 aromatic carbocycles. The molecule has 2 saturated heterocycles. The van der Waals surface area contributed by atoms with E-state index in [0.717, 1.165) is 49.4 Å². The van der Waals surface area contributed by atoms with Gasteiger partial charge in [0.15, 0.2) is 0 Å². The maximum atomic E-state index is 13.5. The molecule has 0 radical (unpaired) electrons. The number of benzene rings is 1. The standard InChI is InChI=1S/C25H28FN5O3/c1-27-25(33)22-5-4-19(13-28-22)30-6-8-31(9-7-30)20-10-17(14-34-15-20)23-11-16-2-3-18(26)12-21(16)24(32)29-23/h2-5,11-13,17,20H,6-10,14-15H2,1H3,(H,27,33)(H,29,32). The van der Waals surface area contributed by atoms with Crippen molar-refractivity contribution >= 4 is 22.4 Å². The van der Waals surface area contributed by atoms with Crippen LogP contribution >= 0.6 is 0 Å². The molecule has 4 heterocycles. The third-order valence-electron chi connectivity index (χ3n) is 6.86. The second-order valence-electron chi connectivity index (χ2n) is 8.91. The number of pyridine rings is 2. The van der Waals surface area contributed by atoms with Gasteiger partial charge in [-0.05, 0) is 42.1 Å². The molecule has 178 valence electrons. The predicted octanol–water partition coefficient (Wildman–Crippen LogP) is 2.12. The van der Waals surface area contributed by atoms with E-state index in [1.807, 2.05) is 12.1 Å². The highest BCUT2D eigenvalue weighted by molar-refractivity contribution is 5.92. The average molecular weight is 466 g/mol. The number of fused-ring (bicyclic) bond motifs is 1. The summed E-state index contributed by atoms with van der Waals surface area (Å²) in [6, 6.07) is 10.2. The van der Waals surface area contributed by atoms with Gasteiger partial charge in [-0.25, -0.2) is 9.37 Å². The molecule has 2 aliphatic rings. The molecule has 2 N–H and O–H groups in total. The van der Waals surface area contributed by atoms with E-state index in [1.54, 1.807) is 25.4 Å². The normalized spacial score (nSPS) is 21.5. The number of H-pyrrole nitrogens is 1. The van der Waals surface area contributed by atoms with Crippen LogP contribution in [0.15, 0.2) is 47.4 Å². The molecule has 0 saturated carbocycles. The first-order chi connectivity index (χ1) is 16.5. The number of carbonyl (C=O) groups excluding carboxylic acids is 1. The Morgan fingerprint density at radius 1 is 1.15 bits per heavy atom. The molecule has 2 unspecified atom stereocenters. The molecule has 0 aliphatic carbocycles. The lowest BCUT2D eigenvalue weighted by atomic mass is 9.92. The van der Waals surface area contributed by atoms with E-state index in [0.29, 0.717) is 24.3 Å². The summed E-state index contributed by atoms with van der Waals surface area (Å²) in [6.45, 7) is 4.74. The number of aromatic nitrogens is 2. The highest BCUT2D eigenvalue weighted by Crippen LogP contribution is 2.29. The fraction of sp³-hybridized carbons (Fsp3) is 0.400. The SMILES string of the molecule is CNC(=O)c1ccc(N2CCN(C3COCC(c4cc5ccc(F)cc5c(=O)[nH]4)C3)CC2)cn1. The van der Waals surface area contributed by atoms with E-state index in [2.05, 4.69) is 25.1 Å². The number of rotatable bonds is 4. The summed E-state index contributed by atoms with van der Waals surface area (Å²) >= 11 is 0. The van der Waals surface area contributed by atoms with Crippen LogP contribution in [0, 0.1) is 5.82 Å². The molecule has 2 fully saturated rings. The van der Waals surface area contributed by atoms with Gasteiger partial charge in [0.05, 0.1) is 25.1 Å². The van der Waals surface area contributed by atoms with Crippen LogP contribution in [0.5, 0.6) is 0 Å². The van der Waals surface area contributed by atoms with Crippen molar-refractivity contribution in [2.45, 2.75) is 18.4 Å². The fourth-order valence-corrected chi connectivity index (χ4v) is 4.94. The number of hydrogen-bond donors (Lipinski definition) is 2. The number of aromatic amines is 1. The monoisotopic (exact) mass is 465 g/mol. The van der Waals surface area contributed by atoms with Crippen LogP contribution < -0.4 is 15.8 Å². The van der Waals surface area contributed by atoms with Gasteiger partial charge < -0.3 is 19.9 Å². The van der Waals surface area contributed by atoms with Crippen LogP contribution in [0.1, 0.15) is 28.5 Å². The van der Waals surface area contributed by atoms with Gasteiger partial charge in [0, 0.05) is 56.3 Å². The molecule has 1 amide bonds. The second-order valence-corrected chi connectivity index (χ2v) is 8.91. The largest absolute Gasteiger partial charge is 0.379 e. The zero-order valence-electron chi connectivity index (χ0n) is 19.1. The Balaban J connectivity index is 1.23. The predicted molar refractivity (Wildman–Crippen MR) is 128 cm³/mol. The van der Waals surface area contributed by atoms with Crippen molar-refractivity contribution in [2.24, 2.45) is 0 Å². The average Bonchev–Trinajstić information content (AvgIpc) is 2.89. The van der Waals surface area contributed by atoms with Crippen molar-refractivity contribution in [2.75, 3.05) is 51.3 Å². The number of nitrogens with zero attached hydrogens (tertiary/aromatic N) is 3. The summed E-state index contributed by atoms with van der Waals surface area (Å²) in [7, 11) is 1.59. The van der Waals surface area contributed by atoms with Gasteiger partial charge in [-0.3, -0.25) is 14.5 Å². The summed E-state index contributed by atoms with van der Waals surface area (Å²) in [5.74, 6) is -0.521. The van der Waals surface area contributed by atoms with Crippen molar-refractivity contribution in [1.29, 1.82) is 0 Å². The maximum absolute atomic E-state index is 13.5. The summed E-state index contributed by atoms with van der Waals surface area (Å²) in [6.07, 6.45) is 2.65. The first kappa shape index (κ1) is 22.5. The zero-order valence-corrected chi connectivity index (χ0v) is 19.1. The van der Waals surface area contributed by atoms with Crippen LogP contribution in [0.4, 0.5) is 10.1 Å². The molecule has 2 atom stereocenters. The van der Waals surface area contributed by atoms with Crippen LogP contribution in [-0.4, -0.2) is 73.3 Å². The van der Waals surface area contributed by atoms with Gasteiger partial charge in [-0.15, -0.1) is 0 Å². The molecule has 0 bridgehead atoms. The van der Waals surface area contributed by atoms with Gasteiger partial charge in [0.1, 0.15) is 11.5 Å². The quantitative estimate of drug-likeness (QED) is 0.614. The Morgan fingerprint density at radius 2 is 1.97 bits per heavy atom. The van der Waals surface area contributed by atoms with E-state index >= 15 is 0 Å². The van der Waals surface area contributed by atoms with Crippen molar-refractivity contribution in [3.63, 3.8) is 0 Å². The topological polar surface area (TPSA) is 90.6 Å². The first-order valence-electron chi connectivity index (χ1n) is 11.6. The number of amides is 1. The number of carbonyl (C=O) groups is 1. The second kappa shape index (κ2) is 9.52. The lowest BCUT2D eigenvalue weighted by molar-refractivity contribution is 0.00294.